The lowest BCUT2D eigenvalue weighted by Crippen LogP contribution is -2.46. The fourth-order valence-electron chi connectivity index (χ4n) is 9.04. The van der Waals surface area contributed by atoms with Gasteiger partial charge >= 0.3 is 6.18 Å². The van der Waals surface area contributed by atoms with Crippen molar-refractivity contribution in [1.29, 1.82) is 0 Å². The van der Waals surface area contributed by atoms with Crippen LogP contribution < -0.4 is 0 Å². The van der Waals surface area contributed by atoms with Gasteiger partial charge in [-0.2, -0.15) is 13.2 Å². The lowest BCUT2D eigenvalue weighted by molar-refractivity contribution is -0.138. The second-order valence-corrected chi connectivity index (χ2v) is 16.2. The Balaban J connectivity index is 0.969. The lowest BCUT2D eigenvalue weighted by Gasteiger charge is -2.54. The first-order valence-electron chi connectivity index (χ1n) is 18.3. The SMILES string of the molecule is Cc1cc(-c2ccc(-c3ccc(C45CCC(c6ccc(-c7c(F)cc(-c8c(F)cc(C(F)(F)F)cc8F)cc7F)cc6)(CC4)CC5)cc3)c(C)c2)ccc1Br. The van der Waals surface area contributed by atoms with Crippen LogP contribution in [-0.4, -0.2) is 0 Å². The van der Waals surface area contributed by atoms with Crippen molar-refractivity contribution >= 4 is 15.9 Å². The van der Waals surface area contributed by atoms with Crippen LogP contribution in [0.3, 0.4) is 0 Å². The van der Waals surface area contributed by atoms with Crippen molar-refractivity contribution in [2.45, 2.75) is 69.4 Å². The van der Waals surface area contributed by atoms with E-state index in [1.807, 2.05) is 12.1 Å². The molecule has 3 fully saturated rings. The lowest BCUT2D eigenvalue weighted by atomic mass is 9.50. The minimum atomic E-state index is -4.98. The van der Waals surface area contributed by atoms with Crippen LogP contribution in [0.15, 0.2) is 114 Å². The summed E-state index contributed by atoms with van der Waals surface area (Å²) in [6.45, 7) is 4.25. The summed E-state index contributed by atoms with van der Waals surface area (Å²) < 4.78 is 100. The van der Waals surface area contributed by atoms with Crippen LogP contribution in [0.5, 0.6) is 0 Å². The summed E-state index contributed by atoms with van der Waals surface area (Å²) in [6, 6.07) is 31.0. The van der Waals surface area contributed by atoms with Gasteiger partial charge in [0.2, 0.25) is 0 Å². The number of alkyl halides is 3. The molecule has 6 aromatic rings. The molecule has 0 aromatic heterocycles. The molecular formula is C47H36BrF7. The molecule has 0 atom stereocenters. The van der Waals surface area contributed by atoms with E-state index in [4.69, 9.17) is 0 Å². The van der Waals surface area contributed by atoms with Crippen molar-refractivity contribution in [1.82, 2.24) is 0 Å². The Morgan fingerprint density at radius 3 is 1.31 bits per heavy atom. The molecule has 0 radical (unpaired) electrons. The highest BCUT2D eigenvalue weighted by atomic mass is 79.9. The molecule has 3 aliphatic rings. The van der Waals surface area contributed by atoms with E-state index >= 15 is 8.78 Å². The molecule has 8 heteroatoms. The van der Waals surface area contributed by atoms with Gasteiger partial charge in [-0.1, -0.05) is 94.8 Å². The molecule has 0 N–H and O–H groups in total. The van der Waals surface area contributed by atoms with Crippen molar-refractivity contribution in [2.75, 3.05) is 0 Å². The third-order valence-corrected chi connectivity index (χ3v) is 13.1. The number of hydrogen-bond donors (Lipinski definition) is 0. The van der Waals surface area contributed by atoms with E-state index in [2.05, 4.69) is 90.4 Å². The fraction of sp³-hybridized carbons (Fsp3) is 0.234. The smallest absolute Gasteiger partial charge is 0.206 e. The van der Waals surface area contributed by atoms with Crippen molar-refractivity contribution in [3.63, 3.8) is 0 Å². The van der Waals surface area contributed by atoms with Crippen molar-refractivity contribution in [2.24, 2.45) is 0 Å². The zero-order valence-corrected chi connectivity index (χ0v) is 31.7. The predicted molar refractivity (Wildman–Crippen MR) is 208 cm³/mol. The first kappa shape index (κ1) is 37.2. The summed E-state index contributed by atoms with van der Waals surface area (Å²) in [4.78, 5) is 0. The molecule has 0 saturated heterocycles. The molecular weight excluding hydrogens is 777 g/mol. The zero-order valence-electron chi connectivity index (χ0n) is 30.2. The highest BCUT2D eigenvalue weighted by Gasteiger charge is 2.50. The van der Waals surface area contributed by atoms with Gasteiger partial charge in [0.15, 0.2) is 0 Å². The summed E-state index contributed by atoms with van der Waals surface area (Å²) in [5.41, 5.74) is 6.67. The van der Waals surface area contributed by atoms with Crippen LogP contribution >= 0.6 is 15.9 Å². The Hall–Kier alpha value is -4.69. The van der Waals surface area contributed by atoms with Gasteiger partial charge in [0.25, 0.3) is 0 Å². The molecule has 0 amide bonds. The van der Waals surface area contributed by atoms with Crippen molar-refractivity contribution < 1.29 is 30.7 Å². The number of aryl methyl sites for hydroxylation is 2. The van der Waals surface area contributed by atoms with E-state index in [1.54, 1.807) is 12.1 Å². The van der Waals surface area contributed by atoms with Gasteiger partial charge in [0.05, 0.1) is 16.7 Å². The monoisotopic (exact) mass is 812 g/mol. The third-order valence-electron chi connectivity index (χ3n) is 12.3. The Kier molecular flexibility index (Phi) is 9.35. The molecule has 280 valence electrons. The average molecular weight is 814 g/mol. The first-order chi connectivity index (χ1) is 26.2. The van der Waals surface area contributed by atoms with Gasteiger partial charge in [-0.15, -0.1) is 0 Å². The first-order valence-corrected chi connectivity index (χ1v) is 19.1. The topological polar surface area (TPSA) is 0 Å². The molecule has 3 aliphatic carbocycles. The Labute approximate surface area is 324 Å². The largest absolute Gasteiger partial charge is 0.416 e. The molecule has 0 aliphatic heterocycles. The Morgan fingerprint density at radius 2 is 0.855 bits per heavy atom. The maximum atomic E-state index is 15.4. The molecule has 6 aromatic carbocycles. The minimum Gasteiger partial charge on any atom is -0.206 e. The molecule has 0 heterocycles. The van der Waals surface area contributed by atoms with Crippen molar-refractivity contribution in [3.05, 3.63) is 165 Å². The van der Waals surface area contributed by atoms with Crippen LogP contribution in [0.4, 0.5) is 30.7 Å². The Bertz CT molecular complexity index is 2370. The van der Waals surface area contributed by atoms with E-state index < -0.39 is 46.1 Å². The summed E-state index contributed by atoms with van der Waals surface area (Å²) >= 11 is 3.59. The van der Waals surface area contributed by atoms with E-state index in [0.717, 1.165) is 60.7 Å². The summed E-state index contributed by atoms with van der Waals surface area (Å²) in [5, 5.41) is 0. The van der Waals surface area contributed by atoms with Gasteiger partial charge in [0, 0.05) is 4.47 Å². The van der Waals surface area contributed by atoms with Gasteiger partial charge < -0.3 is 0 Å². The summed E-state index contributed by atoms with van der Waals surface area (Å²) in [6.07, 6.45) is 1.11. The number of fused-ring (bicyclic) bond motifs is 3. The molecule has 2 bridgehead atoms. The van der Waals surface area contributed by atoms with E-state index in [1.165, 1.54) is 38.9 Å². The summed E-state index contributed by atoms with van der Waals surface area (Å²) in [7, 11) is 0. The van der Waals surface area contributed by atoms with E-state index in [9.17, 15) is 22.0 Å². The van der Waals surface area contributed by atoms with Gasteiger partial charge in [-0.05, 0) is 149 Å². The van der Waals surface area contributed by atoms with Crippen LogP contribution in [0.1, 0.15) is 66.3 Å². The number of halogens is 8. The molecule has 0 unspecified atom stereocenters. The highest BCUT2D eigenvalue weighted by Crippen LogP contribution is 2.59. The van der Waals surface area contributed by atoms with Crippen LogP contribution in [0.25, 0.3) is 44.5 Å². The van der Waals surface area contributed by atoms with Gasteiger partial charge in [0.1, 0.15) is 23.3 Å². The fourth-order valence-corrected chi connectivity index (χ4v) is 9.29. The second-order valence-electron chi connectivity index (χ2n) is 15.3. The normalized spacial score (nSPS) is 19.5. The van der Waals surface area contributed by atoms with E-state index in [-0.39, 0.29) is 34.1 Å². The maximum absolute atomic E-state index is 15.4. The molecule has 9 rings (SSSR count). The highest BCUT2D eigenvalue weighted by molar-refractivity contribution is 9.10. The quantitative estimate of drug-likeness (QED) is 0.147. The standard InChI is InChI=1S/C47H36BrF7/c1-27-21-31(32-8-14-38(48)28(2)22-32)7-13-37(27)29-3-9-34(10-4-29)45-15-18-46(19-16-45,20-17-45)35-11-5-30(6-12-35)43-39(49)23-33(24-40(43)50)44-41(51)25-36(26-42(44)52)47(53,54)55/h3-14,21-26H,15-20H2,1-2H3. The Morgan fingerprint density at radius 1 is 0.455 bits per heavy atom. The van der Waals surface area contributed by atoms with Crippen LogP contribution in [0.2, 0.25) is 0 Å². The molecule has 3 saturated carbocycles. The number of rotatable bonds is 6. The van der Waals surface area contributed by atoms with Crippen LogP contribution in [0, 0.1) is 37.1 Å². The maximum Gasteiger partial charge on any atom is 0.416 e. The van der Waals surface area contributed by atoms with Gasteiger partial charge in [-0.25, -0.2) is 17.6 Å². The molecule has 0 nitrogen and oxygen atoms in total. The number of benzene rings is 6. The molecule has 55 heavy (non-hydrogen) atoms. The molecule has 0 spiro atoms. The summed E-state index contributed by atoms with van der Waals surface area (Å²) in [5.74, 6) is -5.28. The average Bonchev–Trinajstić information content (AvgIpc) is 3.16. The minimum absolute atomic E-state index is 0.0367. The second kappa shape index (κ2) is 13.8. The zero-order chi connectivity index (χ0) is 38.9. The number of hydrogen-bond acceptors (Lipinski definition) is 0. The predicted octanol–water partition coefficient (Wildman–Crippen LogP) is 14.9. The van der Waals surface area contributed by atoms with Crippen molar-refractivity contribution in [3.8, 4) is 44.5 Å². The third kappa shape index (κ3) is 6.70. The van der Waals surface area contributed by atoms with Gasteiger partial charge in [-0.3, -0.25) is 0 Å². The van der Waals surface area contributed by atoms with E-state index in [0.29, 0.717) is 0 Å². The van der Waals surface area contributed by atoms with Crippen LogP contribution in [-0.2, 0) is 17.0 Å².